The van der Waals surface area contributed by atoms with Crippen LogP contribution in [0.25, 0.3) is 0 Å². The largest absolute Gasteiger partial charge is 0.329 e. The maximum absolute atomic E-state index is 13.0. The van der Waals surface area contributed by atoms with Crippen molar-refractivity contribution in [2.24, 2.45) is 5.73 Å². The van der Waals surface area contributed by atoms with Crippen LogP contribution >= 0.6 is 0 Å². The van der Waals surface area contributed by atoms with E-state index in [0.29, 0.717) is 4.90 Å². The second-order valence-corrected chi connectivity index (χ2v) is 8.00. The zero-order chi connectivity index (χ0) is 15.6. The molecule has 1 aliphatic carbocycles. The van der Waals surface area contributed by atoms with Gasteiger partial charge in [-0.2, -0.15) is 0 Å². The van der Waals surface area contributed by atoms with E-state index in [4.69, 9.17) is 5.73 Å². The molecule has 0 aliphatic heterocycles. The predicted octanol–water partition coefficient (Wildman–Crippen LogP) is 2.91. The summed E-state index contributed by atoms with van der Waals surface area (Å²) in [7, 11) is -3.42. The lowest BCUT2D eigenvalue weighted by Gasteiger charge is -2.31. The number of fused-ring (bicyclic) bond motifs is 1. The molecule has 0 fully saturated rings. The van der Waals surface area contributed by atoms with Crippen molar-refractivity contribution in [3.63, 3.8) is 0 Å². The Morgan fingerprint density at radius 2 is 1.73 bits per heavy atom. The average Bonchev–Trinajstić information content (AvgIpc) is 2.56. The normalized spacial score (nSPS) is 19.4. The topological polar surface area (TPSA) is 60.2 Å². The number of benzene rings is 2. The molecule has 116 valence electrons. The Morgan fingerprint density at radius 3 is 2.45 bits per heavy atom. The molecular weight excluding hydrogens is 294 g/mol. The van der Waals surface area contributed by atoms with E-state index in [-0.39, 0.29) is 12.5 Å². The highest BCUT2D eigenvalue weighted by Crippen LogP contribution is 2.37. The highest BCUT2D eigenvalue weighted by atomic mass is 32.2. The Morgan fingerprint density at radius 1 is 1.05 bits per heavy atom. The average molecular weight is 315 g/mol. The fraction of sp³-hybridized carbons (Fsp3) is 0.333. The van der Waals surface area contributed by atoms with Gasteiger partial charge in [-0.25, -0.2) is 8.42 Å². The van der Waals surface area contributed by atoms with Crippen LogP contribution in [-0.4, -0.2) is 20.2 Å². The van der Waals surface area contributed by atoms with Crippen LogP contribution in [0.5, 0.6) is 0 Å². The Balaban J connectivity index is 2.03. The summed E-state index contributed by atoms with van der Waals surface area (Å²) in [5, 5.41) is -0.559. The molecule has 0 heterocycles. The first-order chi connectivity index (χ1) is 10.6. The Hall–Kier alpha value is -1.65. The standard InChI is InChI=1S/C18H21NO2S/c19-13-18(22(20,21)15-9-2-1-3-10-15)17-12-6-8-14-7-4-5-11-16(14)17/h1-5,7,9-11,17-18H,6,8,12-13,19H2. The van der Waals surface area contributed by atoms with Crippen LogP contribution in [0.2, 0.25) is 0 Å². The number of sulfone groups is 1. The summed E-state index contributed by atoms with van der Waals surface area (Å²) in [5.74, 6) is -0.0137. The van der Waals surface area contributed by atoms with Crippen LogP contribution in [0, 0.1) is 0 Å². The van der Waals surface area contributed by atoms with Gasteiger partial charge in [0.2, 0.25) is 0 Å². The van der Waals surface area contributed by atoms with Gasteiger partial charge < -0.3 is 5.73 Å². The molecule has 2 aromatic carbocycles. The van der Waals surface area contributed by atoms with Crippen molar-refractivity contribution in [3.05, 3.63) is 65.7 Å². The third-order valence-corrected chi connectivity index (χ3v) is 6.81. The Labute approximate surface area is 132 Å². The molecule has 3 nitrogen and oxygen atoms in total. The van der Waals surface area contributed by atoms with Gasteiger partial charge in [-0.15, -0.1) is 0 Å². The third-order valence-electron chi connectivity index (χ3n) is 4.57. The van der Waals surface area contributed by atoms with Gasteiger partial charge in [-0.05, 0) is 42.5 Å². The minimum Gasteiger partial charge on any atom is -0.329 e. The molecule has 0 saturated heterocycles. The fourth-order valence-electron chi connectivity index (χ4n) is 3.47. The first-order valence-electron chi connectivity index (χ1n) is 7.71. The molecule has 0 amide bonds. The van der Waals surface area contributed by atoms with E-state index < -0.39 is 15.1 Å². The SMILES string of the molecule is NCC(C1CCCc2ccccc21)S(=O)(=O)c1ccccc1. The van der Waals surface area contributed by atoms with Crippen LogP contribution in [0.3, 0.4) is 0 Å². The molecule has 22 heavy (non-hydrogen) atoms. The van der Waals surface area contributed by atoms with Gasteiger partial charge in [0.15, 0.2) is 9.84 Å². The number of hydrogen-bond donors (Lipinski definition) is 1. The van der Waals surface area contributed by atoms with Crippen molar-refractivity contribution in [1.29, 1.82) is 0 Å². The van der Waals surface area contributed by atoms with Crippen LogP contribution in [0.15, 0.2) is 59.5 Å². The molecule has 0 radical (unpaired) electrons. The van der Waals surface area contributed by atoms with Gasteiger partial charge >= 0.3 is 0 Å². The number of aryl methyl sites for hydroxylation is 1. The molecule has 3 rings (SSSR count). The maximum atomic E-state index is 13.0. The van der Waals surface area contributed by atoms with Gasteiger partial charge in [-0.1, -0.05) is 42.5 Å². The Kier molecular flexibility index (Phi) is 4.32. The van der Waals surface area contributed by atoms with Gasteiger partial charge in [0.25, 0.3) is 0 Å². The predicted molar refractivity (Wildman–Crippen MR) is 88.6 cm³/mol. The zero-order valence-corrected chi connectivity index (χ0v) is 13.3. The van der Waals surface area contributed by atoms with E-state index >= 15 is 0 Å². The van der Waals surface area contributed by atoms with Gasteiger partial charge in [0.1, 0.15) is 0 Å². The zero-order valence-electron chi connectivity index (χ0n) is 12.5. The van der Waals surface area contributed by atoms with Crippen LogP contribution < -0.4 is 5.73 Å². The molecule has 1 aliphatic rings. The summed E-state index contributed by atoms with van der Waals surface area (Å²) in [5.41, 5.74) is 8.33. The second-order valence-electron chi connectivity index (χ2n) is 5.83. The molecule has 2 N–H and O–H groups in total. The van der Waals surface area contributed by atoms with Crippen LogP contribution in [0.1, 0.15) is 29.9 Å². The quantitative estimate of drug-likeness (QED) is 0.943. The fourth-order valence-corrected chi connectivity index (χ4v) is 5.32. The number of nitrogens with two attached hydrogens (primary N) is 1. The summed E-state index contributed by atoms with van der Waals surface area (Å²) < 4.78 is 26.0. The number of rotatable bonds is 4. The second kappa shape index (κ2) is 6.23. The molecule has 2 atom stereocenters. The van der Waals surface area contributed by atoms with E-state index in [0.717, 1.165) is 24.8 Å². The van der Waals surface area contributed by atoms with Gasteiger partial charge in [0.05, 0.1) is 10.1 Å². The van der Waals surface area contributed by atoms with E-state index in [1.54, 1.807) is 24.3 Å². The summed E-state index contributed by atoms with van der Waals surface area (Å²) in [6.45, 7) is 0.149. The molecule has 0 spiro atoms. The molecule has 0 bridgehead atoms. The maximum Gasteiger partial charge on any atom is 0.183 e. The molecule has 2 unspecified atom stereocenters. The molecule has 4 heteroatoms. The first-order valence-corrected chi connectivity index (χ1v) is 9.26. The lowest BCUT2D eigenvalue weighted by Crippen LogP contribution is -2.37. The van der Waals surface area contributed by atoms with Crippen molar-refractivity contribution in [3.8, 4) is 0 Å². The molecule has 0 saturated carbocycles. The summed E-state index contributed by atoms with van der Waals surface area (Å²) in [4.78, 5) is 0.369. The summed E-state index contributed by atoms with van der Waals surface area (Å²) in [6.07, 6.45) is 2.92. The van der Waals surface area contributed by atoms with E-state index in [1.165, 1.54) is 5.56 Å². The van der Waals surface area contributed by atoms with Crippen molar-refractivity contribution in [1.82, 2.24) is 0 Å². The van der Waals surface area contributed by atoms with E-state index in [2.05, 4.69) is 12.1 Å². The minimum absolute atomic E-state index is 0.0137. The molecular formula is C18H21NO2S. The Bertz CT molecular complexity index is 741. The van der Waals surface area contributed by atoms with Crippen LogP contribution in [0.4, 0.5) is 0 Å². The monoisotopic (exact) mass is 315 g/mol. The molecule has 0 aromatic heterocycles. The van der Waals surface area contributed by atoms with Crippen molar-refractivity contribution >= 4 is 9.84 Å². The van der Waals surface area contributed by atoms with Gasteiger partial charge in [-0.3, -0.25) is 0 Å². The summed E-state index contributed by atoms with van der Waals surface area (Å²) in [6, 6.07) is 16.8. The van der Waals surface area contributed by atoms with Crippen molar-refractivity contribution < 1.29 is 8.42 Å². The highest BCUT2D eigenvalue weighted by molar-refractivity contribution is 7.92. The lowest BCUT2D eigenvalue weighted by molar-refractivity contribution is 0.502. The third kappa shape index (κ3) is 2.69. The number of hydrogen-bond acceptors (Lipinski definition) is 3. The van der Waals surface area contributed by atoms with E-state index in [1.807, 2.05) is 18.2 Å². The van der Waals surface area contributed by atoms with E-state index in [9.17, 15) is 8.42 Å². The minimum atomic E-state index is -3.42. The smallest absolute Gasteiger partial charge is 0.183 e. The first kappa shape index (κ1) is 15.3. The van der Waals surface area contributed by atoms with Crippen LogP contribution in [-0.2, 0) is 16.3 Å². The lowest BCUT2D eigenvalue weighted by atomic mass is 9.81. The highest BCUT2D eigenvalue weighted by Gasteiger charge is 2.36. The molecule has 2 aromatic rings. The van der Waals surface area contributed by atoms with Crippen molar-refractivity contribution in [2.75, 3.05) is 6.54 Å². The summed E-state index contributed by atoms with van der Waals surface area (Å²) >= 11 is 0. The van der Waals surface area contributed by atoms with Gasteiger partial charge in [0, 0.05) is 12.5 Å². The van der Waals surface area contributed by atoms with Crippen molar-refractivity contribution in [2.45, 2.75) is 35.3 Å².